The summed E-state index contributed by atoms with van der Waals surface area (Å²) < 4.78 is 1.38. The predicted octanol–water partition coefficient (Wildman–Crippen LogP) is 2.21. The number of rotatable bonds is 13. The van der Waals surface area contributed by atoms with E-state index in [1.165, 1.54) is 0 Å². The Labute approximate surface area is 183 Å². The number of nitrogens with zero attached hydrogens (tertiary/aromatic N) is 2. The van der Waals surface area contributed by atoms with Crippen LogP contribution in [-0.2, 0) is 13.1 Å². The molecule has 0 radical (unpaired) electrons. The third kappa shape index (κ3) is 8.27. The van der Waals surface area contributed by atoms with E-state index in [4.69, 9.17) is 46.4 Å². The summed E-state index contributed by atoms with van der Waals surface area (Å²) in [6.45, 7) is 4.57. The maximum Gasteiger partial charge on any atom is 0.488 e. The van der Waals surface area contributed by atoms with E-state index in [0.29, 0.717) is 40.0 Å². The monoisotopic (exact) mass is 458 g/mol. The highest BCUT2D eigenvalue weighted by atomic mass is 35.5. The molecule has 0 atom stereocenters. The van der Waals surface area contributed by atoms with Crippen molar-refractivity contribution in [2.75, 3.05) is 63.8 Å². The second-order valence-corrected chi connectivity index (χ2v) is 9.12. The van der Waals surface area contributed by atoms with Crippen LogP contribution in [0.2, 0.25) is 0 Å². The normalized spacial score (nSPS) is 12.4. The molecule has 27 heavy (non-hydrogen) atoms. The van der Waals surface area contributed by atoms with Crippen LogP contribution >= 0.6 is 46.4 Å². The van der Waals surface area contributed by atoms with Crippen LogP contribution in [0.25, 0.3) is 0 Å². The van der Waals surface area contributed by atoms with Crippen LogP contribution in [0.3, 0.4) is 0 Å². The molecule has 0 unspecified atom stereocenters. The topological polar surface area (TPSA) is 40.5 Å². The van der Waals surface area contributed by atoms with Crippen LogP contribution in [-0.4, -0.2) is 89.9 Å². The fraction of sp³-hybridized carbons (Fsp3) is 0.667. The number of benzene rings is 1. The van der Waals surface area contributed by atoms with E-state index in [9.17, 15) is 10.0 Å². The Kier molecular flexibility index (Phi) is 11.3. The lowest BCUT2D eigenvalue weighted by Gasteiger charge is -2.35. The Balaban J connectivity index is 3.19. The quantitative estimate of drug-likeness (QED) is 0.270. The molecule has 2 N–H and O–H groups in total. The van der Waals surface area contributed by atoms with Crippen molar-refractivity contribution in [3.63, 3.8) is 0 Å². The molecule has 0 bridgehead atoms. The van der Waals surface area contributed by atoms with Crippen molar-refractivity contribution in [3.05, 3.63) is 29.3 Å². The first-order chi connectivity index (χ1) is 12.7. The fourth-order valence-electron chi connectivity index (χ4n) is 3.35. The summed E-state index contributed by atoms with van der Waals surface area (Å²) in [6.07, 6.45) is 0. The van der Waals surface area contributed by atoms with Crippen LogP contribution < -0.4 is 5.46 Å². The Morgan fingerprint density at radius 2 is 1.22 bits per heavy atom. The van der Waals surface area contributed by atoms with Crippen molar-refractivity contribution in [2.45, 2.75) is 13.1 Å². The number of alkyl halides is 4. The van der Waals surface area contributed by atoms with Crippen LogP contribution in [0, 0.1) is 0 Å². The molecule has 0 fully saturated rings. The molecule has 154 valence electrons. The van der Waals surface area contributed by atoms with E-state index in [1.54, 1.807) is 6.07 Å². The lowest BCUT2D eigenvalue weighted by molar-refractivity contribution is -0.918. The van der Waals surface area contributed by atoms with Gasteiger partial charge in [-0.2, -0.15) is 0 Å². The summed E-state index contributed by atoms with van der Waals surface area (Å²) in [5.41, 5.74) is 2.55. The fourth-order valence-corrected chi connectivity index (χ4v) is 4.99. The van der Waals surface area contributed by atoms with Gasteiger partial charge in [-0.3, -0.25) is 0 Å². The molecule has 0 heterocycles. The molecule has 0 aliphatic heterocycles. The van der Waals surface area contributed by atoms with Crippen molar-refractivity contribution < 1.29 is 19.0 Å². The van der Waals surface area contributed by atoms with Crippen molar-refractivity contribution in [1.82, 2.24) is 0 Å². The number of hydrogen-bond acceptors (Lipinski definition) is 2. The van der Waals surface area contributed by atoms with E-state index in [-0.39, 0.29) is 0 Å². The standard InChI is InChI=1S/C18H31BCl4N2O2/c1-24(9-5-20,10-6-21)14-16-3-4-18(19(26)27)17(13-16)15-25(2,11-7-22)12-8-23/h3-4,13,26-27H,5-12,14-15H2,1-2H3/q+2. The summed E-state index contributed by atoms with van der Waals surface area (Å²) in [4.78, 5) is 0. The molecule has 0 saturated heterocycles. The molecule has 9 heteroatoms. The van der Waals surface area contributed by atoms with E-state index in [0.717, 1.165) is 48.3 Å². The highest BCUT2D eigenvalue weighted by Gasteiger charge is 2.27. The molecule has 0 spiro atoms. The molecule has 1 aromatic rings. The van der Waals surface area contributed by atoms with Gasteiger partial charge in [0.2, 0.25) is 0 Å². The Morgan fingerprint density at radius 3 is 1.63 bits per heavy atom. The minimum Gasteiger partial charge on any atom is -0.423 e. The van der Waals surface area contributed by atoms with E-state index >= 15 is 0 Å². The van der Waals surface area contributed by atoms with Crippen LogP contribution in [0.4, 0.5) is 0 Å². The molecule has 1 aromatic carbocycles. The van der Waals surface area contributed by atoms with Crippen LogP contribution in [0.5, 0.6) is 0 Å². The first kappa shape index (κ1) is 25.3. The maximum atomic E-state index is 9.81. The van der Waals surface area contributed by atoms with Gasteiger partial charge in [-0.15, -0.1) is 46.4 Å². The smallest absolute Gasteiger partial charge is 0.423 e. The predicted molar refractivity (Wildman–Crippen MR) is 118 cm³/mol. The molecular weight excluding hydrogens is 429 g/mol. The van der Waals surface area contributed by atoms with Crippen LogP contribution in [0.15, 0.2) is 18.2 Å². The van der Waals surface area contributed by atoms with Gasteiger partial charge in [0, 0.05) is 11.1 Å². The van der Waals surface area contributed by atoms with Crippen molar-refractivity contribution >= 4 is 59.0 Å². The third-order valence-electron chi connectivity index (χ3n) is 5.10. The Bertz CT molecular complexity index is 566. The minimum absolute atomic E-state index is 0.518. The van der Waals surface area contributed by atoms with Gasteiger partial charge in [0.05, 0.1) is 63.8 Å². The molecule has 0 aromatic heterocycles. The lowest BCUT2D eigenvalue weighted by Crippen LogP contribution is -2.48. The first-order valence-corrected chi connectivity index (χ1v) is 11.2. The molecule has 1 rings (SSSR count). The number of quaternary nitrogens is 2. The van der Waals surface area contributed by atoms with Gasteiger partial charge in [-0.25, -0.2) is 0 Å². The second-order valence-electron chi connectivity index (χ2n) is 7.61. The zero-order valence-corrected chi connectivity index (χ0v) is 19.2. The van der Waals surface area contributed by atoms with Crippen LogP contribution in [0.1, 0.15) is 11.1 Å². The summed E-state index contributed by atoms with van der Waals surface area (Å²) in [6, 6.07) is 5.81. The highest BCUT2D eigenvalue weighted by molar-refractivity contribution is 6.59. The van der Waals surface area contributed by atoms with Gasteiger partial charge < -0.3 is 19.0 Å². The zero-order valence-electron chi connectivity index (χ0n) is 16.2. The second kappa shape index (κ2) is 12.1. The molecule has 0 aliphatic rings. The highest BCUT2D eigenvalue weighted by Crippen LogP contribution is 2.17. The molecular formula is C18H31BCl4N2O2+2. The van der Waals surface area contributed by atoms with Gasteiger partial charge in [-0.1, -0.05) is 12.1 Å². The zero-order chi connectivity index (χ0) is 20.5. The molecule has 0 saturated carbocycles. The lowest BCUT2D eigenvalue weighted by atomic mass is 9.76. The van der Waals surface area contributed by atoms with E-state index in [1.807, 2.05) is 6.07 Å². The summed E-state index contributed by atoms with van der Waals surface area (Å²) >= 11 is 24.0. The maximum absolute atomic E-state index is 9.81. The van der Waals surface area contributed by atoms with Crippen molar-refractivity contribution in [1.29, 1.82) is 0 Å². The van der Waals surface area contributed by atoms with Crippen molar-refractivity contribution in [2.24, 2.45) is 0 Å². The number of hydrogen-bond donors (Lipinski definition) is 2. The van der Waals surface area contributed by atoms with Gasteiger partial charge in [0.15, 0.2) is 0 Å². The Hall–Kier alpha value is 0.285. The van der Waals surface area contributed by atoms with E-state index < -0.39 is 7.12 Å². The van der Waals surface area contributed by atoms with Gasteiger partial charge >= 0.3 is 7.12 Å². The summed E-state index contributed by atoms with van der Waals surface area (Å²) in [5, 5.41) is 19.6. The summed E-state index contributed by atoms with van der Waals surface area (Å²) in [7, 11) is 2.72. The van der Waals surface area contributed by atoms with E-state index in [2.05, 4.69) is 20.2 Å². The number of halogens is 4. The minimum atomic E-state index is -1.51. The molecule has 0 amide bonds. The average Bonchev–Trinajstić information content (AvgIpc) is 2.55. The molecule has 0 aliphatic carbocycles. The average molecular weight is 460 g/mol. The first-order valence-electron chi connectivity index (χ1n) is 9.11. The largest absolute Gasteiger partial charge is 0.488 e. The van der Waals surface area contributed by atoms with Gasteiger partial charge in [0.1, 0.15) is 13.1 Å². The molecule has 4 nitrogen and oxygen atoms in total. The van der Waals surface area contributed by atoms with Gasteiger partial charge in [-0.05, 0) is 11.5 Å². The summed E-state index contributed by atoms with van der Waals surface area (Å²) in [5.74, 6) is 2.16. The SMILES string of the molecule is C[N+](CCCl)(CCCl)Cc1ccc(B(O)O)c(C[N+](C)(CCCl)CCCl)c1. The Morgan fingerprint density at radius 1 is 0.778 bits per heavy atom. The third-order valence-corrected chi connectivity index (χ3v) is 5.78. The van der Waals surface area contributed by atoms with Gasteiger partial charge in [0.25, 0.3) is 0 Å². The van der Waals surface area contributed by atoms with Crippen molar-refractivity contribution in [3.8, 4) is 0 Å².